The Kier molecular flexibility index (Phi) is 6.82. The number of hydrogen-bond acceptors (Lipinski definition) is 2. The maximum atomic E-state index is 12.6. The molecule has 4 heteroatoms. The zero-order valence-electron chi connectivity index (χ0n) is 12.7. The van der Waals surface area contributed by atoms with Crippen molar-refractivity contribution in [1.29, 1.82) is 0 Å². The van der Waals surface area contributed by atoms with Crippen LogP contribution in [0.25, 0.3) is 0 Å². The summed E-state index contributed by atoms with van der Waals surface area (Å²) < 4.78 is 5.62. The summed E-state index contributed by atoms with van der Waals surface area (Å²) in [6, 6.07) is 0. The average molecular weight is 346 g/mol. The molecule has 2 aliphatic rings. The van der Waals surface area contributed by atoms with Crippen LogP contribution in [0.1, 0.15) is 51.9 Å². The van der Waals surface area contributed by atoms with E-state index in [4.69, 9.17) is 4.74 Å². The summed E-state index contributed by atoms with van der Waals surface area (Å²) in [6.45, 7) is 4.49. The van der Waals surface area contributed by atoms with Crippen LogP contribution in [0.5, 0.6) is 0 Å². The van der Waals surface area contributed by atoms with Crippen molar-refractivity contribution in [2.24, 2.45) is 11.8 Å². The number of carbonyl (C=O) groups is 1. The molecule has 2 fully saturated rings. The molecule has 1 aliphatic heterocycles. The summed E-state index contributed by atoms with van der Waals surface area (Å²) >= 11 is 3.45. The maximum absolute atomic E-state index is 12.6. The Labute approximate surface area is 131 Å². The molecule has 1 saturated carbocycles. The molecule has 1 atom stereocenters. The third kappa shape index (κ3) is 4.45. The van der Waals surface area contributed by atoms with Gasteiger partial charge in [-0.1, -0.05) is 42.1 Å². The second-order valence-electron chi connectivity index (χ2n) is 6.29. The van der Waals surface area contributed by atoms with Gasteiger partial charge in [-0.15, -0.1) is 0 Å². The third-order valence-electron chi connectivity index (χ3n) is 4.78. The van der Waals surface area contributed by atoms with Crippen LogP contribution in [0.3, 0.4) is 0 Å². The highest BCUT2D eigenvalue weighted by Gasteiger charge is 2.31. The fourth-order valence-corrected chi connectivity index (χ4v) is 3.85. The fourth-order valence-electron chi connectivity index (χ4n) is 3.46. The molecule has 20 heavy (non-hydrogen) atoms. The van der Waals surface area contributed by atoms with E-state index in [-0.39, 0.29) is 12.0 Å². The molecule has 0 spiro atoms. The van der Waals surface area contributed by atoms with Gasteiger partial charge in [0.2, 0.25) is 5.91 Å². The summed E-state index contributed by atoms with van der Waals surface area (Å²) in [5.41, 5.74) is 0. The van der Waals surface area contributed by atoms with Gasteiger partial charge >= 0.3 is 0 Å². The first-order valence-electron chi connectivity index (χ1n) is 8.21. The quantitative estimate of drug-likeness (QED) is 0.712. The minimum atomic E-state index is 0.175. The Balaban J connectivity index is 1.76. The van der Waals surface area contributed by atoms with E-state index < -0.39 is 0 Å². The molecule has 2 rings (SSSR count). The van der Waals surface area contributed by atoms with Gasteiger partial charge in [-0.05, 0) is 31.6 Å². The Morgan fingerprint density at radius 1 is 1.30 bits per heavy atom. The average Bonchev–Trinajstić information content (AvgIpc) is 2.52. The Morgan fingerprint density at radius 2 is 2.05 bits per heavy atom. The van der Waals surface area contributed by atoms with Gasteiger partial charge in [-0.3, -0.25) is 4.79 Å². The van der Waals surface area contributed by atoms with Crippen molar-refractivity contribution in [3.63, 3.8) is 0 Å². The van der Waals surface area contributed by atoms with E-state index in [0.717, 1.165) is 37.2 Å². The van der Waals surface area contributed by atoms with Gasteiger partial charge in [0.05, 0.1) is 12.7 Å². The lowest BCUT2D eigenvalue weighted by Gasteiger charge is -2.36. The number of ether oxygens (including phenoxy) is 1. The second kappa shape index (κ2) is 8.38. The summed E-state index contributed by atoms with van der Waals surface area (Å²) in [5, 5.41) is 0.820. The number of amides is 1. The van der Waals surface area contributed by atoms with Crippen LogP contribution < -0.4 is 0 Å². The molecule has 0 N–H and O–H groups in total. The van der Waals surface area contributed by atoms with Crippen molar-refractivity contribution in [3.05, 3.63) is 0 Å². The second-order valence-corrected chi connectivity index (χ2v) is 6.94. The monoisotopic (exact) mass is 345 g/mol. The smallest absolute Gasteiger partial charge is 0.225 e. The van der Waals surface area contributed by atoms with Crippen LogP contribution in [-0.4, -0.2) is 41.9 Å². The van der Waals surface area contributed by atoms with Crippen LogP contribution in [0.4, 0.5) is 0 Å². The van der Waals surface area contributed by atoms with E-state index in [1.807, 2.05) is 4.90 Å². The molecule has 1 unspecified atom stereocenters. The number of nitrogens with zero attached hydrogens (tertiary/aromatic N) is 1. The number of halogens is 1. The molecular weight excluding hydrogens is 318 g/mol. The molecule has 0 aromatic carbocycles. The molecule has 0 aromatic heterocycles. The van der Waals surface area contributed by atoms with Crippen molar-refractivity contribution < 1.29 is 9.53 Å². The Morgan fingerprint density at radius 3 is 2.70 bits per heavy atom. The van der Waals surface area contributed by atoms with Crippen LogP contribution >= 0.6 is 15.9 Å². The highest BCUT2D eigenvalue weighted by molar-refractivity contribution is 9.09. The highest BCUT2D eigenvalue weighted by atomic mass is 79.9. The first-order valence-corrected chi connectivity index (χ1v) is 9.33. The van der Waals surface area contributed by atoms with Gasteiger partial charge in [-0.25, -0.2) is 0 Å². The fraction of sp³-hybridized carbons (Fsp3) is 0.938. The van der Waals surface area contributed by atoms with Crippen LogP contribution in [0.15, 0.2) is 0 Å². The summed E-state index contributed by atoms with van der Waals surface area (Å²) in [4.78, 5) is 14.6. The van der Waals surface area contributed by atoms with Gasteiger partial charge in [-0.2, -0.15) is 0 Å². The lowest BCUT2D eigenvalue weighted by atomic mass is 9.79. The topological polar surface area (TPSA) is 29.5 Å². The van der Waals surface area contributed by atoms with Gasteiger partial charge < -0.3 is 9.64 Å². The van der Waals surface area contributed by atoms with Crippen molar-refractivity contribution >= 4 is 21.8 Å². The number of morpholine rings is 1. The molecule has 0 aromatic rings. The first-order chi connectivity index (χ1) is 9.74. The number of carbonyl (C=O) groups excluding carboxylic acids is 1. The van der Waals surface area contributed by atoms with Gasteiger partial charge in [0.15, 0.2) is 0 Å². The molecule has 1 saturated heterocycles. The standard InChI is InChI=1S/C16H28BrNO2/c1-2-3-4-13-5-7-14(8-6-13)16(19)18-9-10-20-15(11-17)12-18/h13-15H,2-12H2,1H3. The molecule has 116 valence electrons. The lowest BCUT2D eigenvalue weighted by Crippen LogP contribution is -2.48. The third-order valence-corrected chi connectivity index (χ3v) is 5.51. The van der Waals surface area contributed by atoms with E-state index in [2.05, 4.69) is 22.9 Å². The Bertz CT molecular complexity index is 303. The largest absolute Gasteiger partial charge is 0.374 e. The van der Waals surface area contributed by atoms with Crippen LogP contribution in [0, 0.1) is 11.8 Å². The summed E-state index contributed by atoms with van der Waals surface area (Å²) in [5.74, 6) is 1.54. The number of alkyl halides is 1. The molecular formula is C16H28BrNO2. The molecule has 3 nitrogen and oxygen atoms in total. The molecule has 1 aliphatic carbocycles. The summed E-state index contributed by atoms with van der Waals surface area (Å²) in [6.07, 6.45) is 8.88. The van der Waals surface area contributed by atoms with E-state index in [1.54, 1.807) is 0 Å². The van der Waals surface area contributed by atoms with Crippen molar-refractivity contribution in [1.82, 2.24) is 4.90 Å². The van der Waals surface area contributed by atoms with E-state index in [0.29, 0.717) is 12.5 Å². The maximum Gasteiger partial charge on any atom is 0.225 e. The van der Waals surface area contributed by atoms with Crippen molar-refractivity contribution in [2.45, 2.75) is 58.0 Å². The zero-order chi connectivity index (χ0) is 14.4. The highest BCUT2D eigenvalue weighted by Crippen LogP contribution is 2.33. The Hall–Kier alpha value is -0.0900. The number of unbranched alkanes of at least 4 members (excludes halogenated alkanes) is 1. The van der Waals surface area contributed by atoms with Crippen LogP contribution in [0.2, 0.25) is 0 Å². The van der Waals surface area contributed by atoms with Gasteiger partial charge in [0.25, 0.3) is 0 Å². The predicted octanol–water partition coefficient (Wildman–Crippen LogP) is 3.61. The van der Waals surface area contributed by atoms with E-state index >= 15 is 0 Å². The molecule has 0 bridgehead atoms. The number of rotatable bonds is 5. The molecule has 1 amide bonds. The lowest BCUT2D eigenvalue weighted by molar-refractivity contribution is -0.143. The van der Waals surface area contributed by atoms with Gasteiger partial charge in [0.1, 0.15) is 0 Å². The van der Waals surface area contributed by atoms with E-state index in [1.165, 1.54) is 32.1 Å². The van der Waals surface area contributed by atoms with E-state index in [9.17, 15) is 4.79 Å². The predicted molar refractivity (Wildman–Crippen MR) is 85.1 cm³/mol. The number of hydrogen-bond donors (Lipinski definition) is 0. The summed E-state index contributed by atoms with van der Waals surface area (Å²) in [7, 11) is 0. The molecule has 1 heterocycles. The zero-order valence-corrected chi connectivity index (χ0v) is 14.2. The minimum Gasteiger partial charge on any atom is -0.374 e. The van der Waals surface area contributed by atoms with Crippen LogP contribution in [-0.2, 0) is 9.53 Å². The SMILES string of the molecule is CCCCC1CCC(C(=O)N2CCOC(CBr)C2)CC1. The van der Waals surface area contributed by atoms with Crippen molar-refractivity contribution in [3.8, 4) is 0 Å². The van der Waals surface area contributed by atoms with Gasteiger partial charge in [0, 0.05) is 24.3 Å². The first kappa shape index (κ1) is 16.3. The minimum absolute atomic E-state index is 0.175. The van der Waals surface area contributed by atoms with Crippen molar-refractivity contribution in [2.75, 3.05) is 25.0 Å². The molecule has 0 radical (unpaired) electrons. The normalized spacial score (nSPS) is 31.3.